The standard InChI is InChI=1S/C15H13N3O2/c1-11-2-4-13(5-3-11)19-10-14-17-15(18-20-14)12-6-8-16-9-7-12/h2-9H,10H2,1H3. The number of benzene rings is 1. The van der Waals surface area contributed by atoms with Crippen LogP contribution in [-0.2, 0) is 6.61 Å². The molecule has 2 heterocycles. The molecule has 0 aliphatic carbocycles. The zero-order valence-corrected chi connectivity index (χ0v) is 11.0. The van der Waals surface area contributed by atoms with Crippen LogP contribution in [0.2, 0.25) is 0 Å². The fourth-order valence-electron chi connectivity index (χ4n) is 1.71. The highest BCUT2D eigenvalue weighted by atomic mass is 16.5. The molecule has 0 radical (unpaired) electrons. The van der Waals surface area contributed by atoms with E-state index in [-0.39, 0.29) is 6.61 Å². The minimum atomic E-state index is 0.251. The van der Waals surface area contributed by atoms with Crippen molar-refractivity contribution in [3.8, 4) is 17.1 Å². The summed E-state index contributed by atoms with van der Waals surface area (Å²) in [5.74, 6) is 1.76. The lowest BCUT2D eigenvalue weighted by Crippen LogP contribution is -1.95. The molecule has 0 atom stereocenters. The van der Waals surface area contributed by atoms with Crippen LogP contribution in [0.5, 0.6) is 5.75 Å². The Morgan fingerprint density at radius 2 is 1.80 bits per heavy atom. The van der Waals surface area contributed by atoms with Crippen molar-refractivity contribution in [2.45, 2.75) is 13.5 Å². The third-order valence-corrected chi connectivity index (χ3v) is 2.79. The van der Waals surface area contributed by atoms with Gasteiger partial charge in [-0.05, 0) is 31.2 Å². The Bertz CT molecular complexity index is 678. The molecule has 1 aromatic carbocycles. The van der Waals surface area contributed by atoms with Gasteiger partial charge in [-0.25, -0.2) is 0 Å². The van der Waals surface area contributed by atoms with E-state index >= 15 is 0 Å². The van der Waals surface area contributed by atoms with Gasteiger partial charge in [0.15, 0.2) is 6.61 Å². The first-order chi connectivity index (χ1) is 9.81. The average Bonchev–Trinajstić information content (AvgIpc) is 2.97. The van der Waals surface area contributed by atoms with Gasteiger partial charge in [-0.2, -0.15) is 4.98 Å². The van der Waals surface area contributed by atoms with Crippen molar-refractivity contribution in [2.75, 3.05) is 0 Å². The first-order valence-corrected chi connectivity index (χ1v) is 6.24. The van der Waals surface area contributed by atoms with Gasteiger partial charge in [0.1, 0.15) is 5.75 Å². The second-order valence-corrected chi connectivity index (χ2v) is 4.35. The molecule has 0 saturated heterocycles. The molecule has 0 bridgehead atoms. The van der Waals surface area contributed by atoms with Crippen molar-refractivity contribution in [2.24, 2.45) is 0 Å². The maximum atomic E-state index is 5.59. The summed E-state index contributed by atoms with van der Waals surface area (Å²) in [5, 5.41) is 3.92. The van der Waals surface area contributed by atoms with E-state index in [0.29, 0.717) is 11.7 Å². The summed E-state index contributed by atoms with van der Waals surface area (Å²) in [6.45, 7) is 2.28. The van der Waals surface area contributed by atoms with Gasteiger partial charge >= 0.3 is 0 Å². The molecule has 0 unspecified atom stereocenters. The lowest BCUT2D eigenvalue weighted by Gasteiger charge is -2.02. The predicted octanol–water partition coefficient (Wildman–Crippen LogP) is 3.02. The molecule has 0 spiro atoms. The van der Waals surface area contributed by atoms with E-state index in [4.69, 9.17) is 9.26 Å². The molecule has 0 aliphatic heterocycles. The third-order valence-electron chi connectivity index (χ3n) is 2.79. The summed E-state index contributed by atoms with van der Waals surface area (Å²) >= 11 is 0. The Hall–Kier alpha value is -2.69. The van der Waals surface area contributed by atoms with E-state index in [1.54, 1.807) is 12.4 Å². The van der Waals surface area contributed by atoms with Gasteiger partial charge in [0.25, 0.3) is 5.89 Å². The Balaban J connectivity index is 1.67. The molecular formula is C15H13N3O2. The lowest BCUT2D eigenvalue weighted by atomic mass is 10.2. The number of pyridine rings is 1. The van der Waals surface area contributed by atoms with E-state index < -0.39 is 0 Å². The smallest absolute Gasteiger partial charge is 0.264 e. The molecule has 0 amide bonds. The fraction of sp³-hybridized carbons (Fsp3) is 0.133. The Kier molecular flexibility index (Phi) is 3.41. The van der Waals surface area contributed by atoms with Crippen LogP contribution in [0.15, 0.2) is 53.3 Å². The minimum Gasteiger partial charge on any atom is -0.484 e. The SMILES string of the molecule is Cc1ccc(OCc2nc(-c3ccncc3)no2)cc1. The van der Waals surface area contributed by atoms with Crippen molar-refractivity contribution in [1.82, 2.24) is 15.1 Å². The van der Waals surface area contributed by atoms with E-state index in [1.807, 2.05) is 43.3 Å². The molecule has 0 saturated carbocycles. The lowest BCUT2D eigenvalue weighted by molar-refractivity contribution is 0.243. The van der Waals surface area contributed by atoms with Crippen LogP contribution in [0.4, 0.5) is 0 Å². The zero-order valence-electron chi connectivity index (χ0n) is 11.0. The molecule has 20 heavy (non-hydrogen) atoms. The quantitative estimate of drug-likeness (QED) is 0.727. The maximum Gasteiger partial charge on any atom is 0.264 e. The highest BCUT2D eigenvalue weighted by Gasteiger charge is 2.08. The third kappa shape index (κ3) is 2.83. The van der Waals surface area contributed by atoms with Crippen molar-refractivity contribution in [3.63, 3.8) is 0 Å². The van der Waals surface area contributed by atoms with Crippen LogP contribution in [0, 0.1) is 6.92 Å². The van der Waals surface area contributed by atoms with Crippen molar-refractivity contribution >= 4 is 0 Å². The normalized spacial score (nSPS) is 10.4. The first kappa shape index (κ1) is 12.3. The summed E-state index contributed by atoms with van der Waals surface area (Å²) < 4.78 is 10.7. The molecule has 0 fully saturated rings. The second-order valence-electron chi connectivity index (χ2n) is 4.35. The minimum absolute atomic E-state index is 0.251. The highest BCUT2D eigenvalue weighted by Crippen LogP contribution is 2.16. The highest BCUT2D eigenvalue weighted by molar-refractivity contribution is 5.52. The van der Waals surface area contributed by atoms with Crippen molar-refractivity contribution < 1.29 is 9.26 Å². The van der Waals surface area contributed by atoms with Gasteiger partial charge in [0, 0.05) is 18.0 Å². The van der Waals surface area contributed by atoms with Gasteiger partial charge in [-0.15, -0.1) is 0 Å². The average molecular weight is 267 g/mol. The van der Waals surface area contributed by atoms with Gasteiger partial charge in [-0.1, -0.05) is 22.9 Å². The number of hydrogen-bond donors (Lipinski definition) is 0. The molecule has 3 aromatic rings. The number of aryl methyl sites for hydroxylation is 1. The summed E-state index contributed by atoms with van der Waals surface area (Å²) in [6.07, 6.45) is 3.38. The first-order valence-electron chi connectivity index (χ1n) is 6.24. The molecule has 2 aromatic heterocycles. The van der Waals surface area contributed by atoms with Crippen molar-refractivity contribution in [3.05, 3.63) is 60.2 Å². The second kappa shape index (κ2) is 5.52. The largest absolute Gasteiger partial charge is 0.484 e. The Morgan fingerprint density at radius 3 is 2.55 bits per heavy atom. The van der Waals surface area contributed by atoms with E-state index in [9.17, 15) is 0 Å². The van der Waals surface area contributed by atoms with Crippen LogP contribution in [-0.4, -0.2) is 15.1 Å². The van der Waals surface area contributed by atoms with Gasteiger partial charge in [0.05, 0.1) is 0 Å². The summed E-state index contributed by atoms with van der Waals surface area (Å²) in [7, 11) is 0. The zero-order chi connectivity index (χ0) is 13.8. The summed E-state index contributed by atoms with van der Waals surface area (Å²) in [4.78, 5) is 8.23. The van der Waals surface area contributed by atoms with Crippen LogP contribution < -0.4 is 4.74 Å². The fourth-order valence-corrected chi connectivity index (χ4v) is 1.71. The van der Waals surface area contributed by atoms with Gasteiger partial charge < -0.3 is 9.26 Å². The number of nitrogens with zero attached hydrogens (tertiary/aromatic N) is 3. The van der Waals surface area contributed by atoms with Crippen LogP contribution in [0.1, 0.15) is 11.5 Å². The number of ether oxygens (including phenoxy) is 1. The molecule has 100 valence electrons. The Morgan fingerprint density at radius 1 is 1.05 bits per heavy atom. The maximum absolute atomic E-state index is 5.59. The van der Waals surface area contributed by atoms with Crippen LogP contribution in [0.3, 0.4) is 0 Å². The van der Waals surface area contributed by atoms with Gasteiger partial charge in [0.2, 0.25) is 5.82 Å². The number of aromatic nitrogens is 3. The Labute approximate surface area is 116 Å². The summed E-state index contributed by atoms with van der Waals surface area (Å²) in [6, 6.07) is 11.5. The molecule has 0 aliphatic rings. The molecular weight excluding hydrogens is 254 g/mol. The number of hydrogen-bond acceptors (Lipinski definition) is 5. The molecule has 5 heteroatoms. The molecule has 5 nitrogen and oxygen atoms in total. The molecule has 3 rings (SSSR count). The van der Waals surface area contributed by atoms with E-state index in [0.717, 1.165) is 11.3 Å². The number of rotatable bonds is 4. The molecule has 0 N–H and O–H groups in total. The van der Waals surface area contributed by atoms with Crippen LogP contribution >= 0.6 is 0 Å². The van der Waals surface area contributed by atoms with Gasteiger partial charge in [-0.3, -0.25) is 4.98 Å². The van der Waals surface area contributed by atoms with Crippen molar-refractivity contribution in [1.29, 1.82) is 0 Å². The summed E-state index contributed by atoms with van der Waals surface area (Å²) in [5.41, 5.74) is 2.06. The monoisotopic (exact) mass is 267 g/mol. The van der Waals surface area contributed by atoms with E-state index in [1.165, 1.54) is 5.56 Å². The predicted molar refractivity (Wildman–Crippen MR) is 73.0 cm³/mol. The topological polar surface area (TPSA) is 61.0 Å². The van der Waals surface area contributed by atoms with E-state index in [2.05, 4.69) is 15.1 Å². The van der Waals surface area contributed by atoms with Crippen LogP contribution in [0.25, 0.3) is 11.4 Å².